The number of carboxylic acids is 3. The highest BCUT2D eigenvalue weighted by Gasteiger charge is 2.28. The Morgan fingerprint density at radius 2 is 0.911 bits per heavy atom. The van der Waals surface area contributed by atoms with E-state index in [4.69, 9.17) is 44.6 Å². The number of nitrogens with zero attached hydrogens (tertiary/aromatic N) is 3. The summed E-state index contributed by atoms with van der Waals surface area (Å²) in [7, 11) is 1.33. The molecular formula is C55H33Cl3F8N6O7. The Morgan fingerprint density at radius 3 is 1.41 bits per heavy atom. The average Bonchev–Trinajstić information content (AvgIpc) is 3.47. The van der Waals surface area contributed by atoms with Gasteiger partial charge in [-0.15, -0.1) is 0 Å². The van der Waals surface area contributed by atoms with Gasteiger partial charge < -0.3 is 36.0 Å². The summed E-state index contributed by atoms with van der Waals surface area (Å²) in [5.41, 5.74) is -2.57. The van der Waals surface area contributed by atoms with Crippen LogP contribution in [0.5, 0.6) is 5.75 Å². The Bertz CT molecular complexity index is 3740. The molecule has 6 aromatic carbocycles. The van der Waals surface area contributed by atoms with Gasteiger partial charge in [0.05, 0.1) is 22.7 Å². The van der Waals surface area contributed by atoms with Crippen LogP contribution < -0.4 is 20.7 Å². The van der Waals surface area contributed by atoms with Gasteiger partial charge in [0.15, 0.2) is 23.3 Å². The molecule has 0 radical (unpaired) electrons. The third-order valence-corrected chi connectivity index (χ3v) is 11.7. The summed E-state index contributed by atoms with van der Waals surface area (Å²) in [5, 5.41) is 34.8. The van der Waals surface area contributed by atoms with E-state index in [1.807, 2.05) is 5.32 Å². The molecule has 402 valence electrons. The number of rotatable bonds is 13. The highest BCUT2D eigenvalue weighted by atomic mass is 35.5. The maximum atomic E-state index is 14.6. The summed E-state index contributed by atoms with van der Waals surface area (Å²) in [5.74, 6) is -15.1. The monoisotopic (exact) mass is 1150 g/mol. The van der Waals surface area contributed by atoms with E-state index in [1.54, 1.807) is 54.6 Å². The molecule has 0 fully saturated rings. The fourth-order valence-corrected chi connectivity index (χ4v) is 7.80. The third kappa shape index (κ3) is 13.5. The molecule has 13 nitrogen and oxygen atoms in total. The van der Waals surface area contributed by atoms with Gasteiger partial charge in [0.1, 0.15) is 80.2 Å². The van der Waals surface area contributed by atoms with Crippen molar-refractivity contribution in [2.45, 2.75) is 0 Å². The number of aromatic carboxylic acids is 3. The second-order valence-corrected chi connectivity index (χ2v) is 17.3. The predicted octanol–water partition coefficient (Wildman–Crippen LogP) is 15.7. The molecule has 79 heavy (non-hydrogen) atoms. The van der Waals surface area contributed by atoms with E-state index in [0.717, 1.165) is 48.7 Å². The molecule has 0 unspecified atom stereocenters. The largest absolute Gasteiger partial charge is 0.497 e. The highest BCUT2D eigenvalue weighted by Crippen LogP contribution is 2.38. The van der Waals surface area contributed by atoms with Crippen LogP contribution in [0.3, 0.4) is 0 Å². The molecule has 0 aliphatic heterocycles. The van der Waals surface area contributed by atoms with Gasteiger partial charge in [0, 0.05) is 29.2 Å². The lowest BCUT2D eigenvalue weighted by atomic mass is 10.0. The van der Waals surface area contributed by atoms with Gasteiger partial charge >= 0.3 is 17.9 Å². The number of nitrogens with one attached hydrogen (secondary N) is 3. The Hall–Kier alpha value is -9.31. The van der Waals surface area contributed by atoms with Gasteiger partial charge in [-0.05, 0) is 89.0 Å². The SMILES string of the molecule is COc1cccc(-c2c(F)c(F)c(Nc3ncccc3C(=O)O)c(F)c2F)c1.O=C(O)c1cc(Cl)cnc1Nc1c(F)cc(-c2ccccc2)cc1F.O=C(O)c1cc(Cl)cnc1Nc1c(F)cc(-c2ccccc2Cl)cc1F. The van der Waals surface area contributed by atoms with Gasteiger partial charge in [0.25, 0.3) is 0 Å². The fraction of sp³-hybridized carbons (Fsp3) is 0.0182. The van der Waals surface area contributed by atoms with E-state index in [2.05, 4.69) is 25.6 Å². The smallest absolute Gasteiger partial charge is 0.339 e. The molecule has 0 atom stereocenters. The number of anilines is 6. The lowest BCUT2D eigenvalue weighted by molar-refractivity contribution is 0.0686. The first kappa shape index (κ1) is 57.4. The first-order valence-electron chi connectivity index (χ1n) is 22.2. The number of hydrogen-bond donors (Lipinski definition) is 6. The van der Waals surface area contributed by atoms with Crippen LogP contribution in [0.15, 0.2) is 146 Å². The van der Waals surface area contributed by atoms with Crippen molar-refractivity contribution in [3.05, 3.63) is 224 Å². The van der Waals surface area contributed by atoms with Crippen molar-refractivity contribution in [1.82, 2.24) is 15.0 Å². The van der Waals surface area contributed by atoms with E-state index in [1.165, 1.54) is 49.8 Å². The summed E-state index contributed by atoms with van der Waals surface area (Å²) >= 11 is 17.5. The van der Waals surface area contributed by atoms with E-state index in [0.29, 0.717) is 21.7 Å². The van der Waals surface area contributed by atoms with E-state index in [9.17, 15) is 59.7 Å². The van der Waals surface area contributed by atoms with Crippen LogP contribution in [-0.4, -0.2) is 55.3 Å². The minimum atomic E-state index is -1.72. The number of ether oxygens (including phenoxy) is 1. The standard InChI is InChI=1S/C19H12F4N2O3.C18H10Cl2F2N2O2.C18H11ClF2N2O2/c1-28-10-5-2-4-9(8-10)12-13(20)15(22)17(16(23)14(12)21)25-18-11(19(26)27)6-3-7-24-18;19-10-7-12(18(25)26)17(23-8-10)24-16-14(21)5-9(6-15(16)22)11-3-1-2-4-13(11)20;19-12-8-13(18(24)25)17(22-9-12)23-16-14(20)6-11(7-15(16)21)10-4-2-1-3-5-10/h2-8H,1H3,(H,24,25)(H,26,27);1-8H,(H,23,24)(H,25,26);1-9H,(H,22,23)(H,24,25). The summed E-state index contributed by atoms with van der Waals surface area (Å²) in [6.07, 6.45) is 3.51. The van der Waals surface area contributed by atoms with Crippen LogP contribution in [0.2, 0.25) is 15.1 Å². The van der Waals surface area contributed by atoms with Crippen LogP contribution in [0.1, 0.15) is 31.1 Å². The lowest BCUT2D eigenvalue weighted by Crippen LogP contribution is -2.10. The number of pyridine rings is 3. The molecule has 0 spiro atoms. The zero-order valence-corrected chi connectivity index (χ0v) is 42.1. The quantitative estimate of drug-likeness (QED) is 0.0472. The van der Waals surface area contributed by atoms with Gasteiger partial charge in [-0.3, -0.25) is 0 Å². The number of methoxy groups -OCH3 is 1. The molecule has 0 aliphatic carbocycles. The zero-order chi connectivity index (χ0) is 57.2. The molecule has 6 N–H and O–H groups in total. The average molecular weight is 1150 g/mol. The molecule has 0 aliphatic rings. The van der Waals surface area contributed by atoms with Crippen LogP contribution >= 0.6 is 34.8 Å². The normalized spacial score (nSPS) is 10.6. The van der Waals surface area contributed by atoms with Gasteiger partial charge in [-0.25, -0.2) is 64.5 Å². The summed E-state index contributed by atoms with van der Waals surface area (Å²) in [6, 6.07) is 30.0. The predicted molar refractivity (Wildman–Crippen MR) is 280 cm³/mol. The number of aromatic nitrogens is 3. The summed E-state index contributed by atoms with van der Waals surface area (Å²) in [6.45, 7) is 0. The Balaban J connectivity index is 0.000000172. The molecule has 24 heteroatoms. The minimum Gasteiger partial charge on any atom is -0.497 e. The maximum Gasteiger partial charge on any atom is 0.339 e. The molecule has 9 aromatic rings. The highest BCUT2D eigenvalue weighted by molar-refractivity contribution is 6.33. The third-order valence-electron chi connectivity index (χ3n) is 10.9. The summed E-state index contributed by atoms with van der Waals surface area (Å²) in [4.78, 5) is 45.0. The number of hydrogen-bond acceptors (Lipinski definition) is 10. The minimum absolute atomic E-state index is 0.0861. The van der Waals surface area contributed by atoms with Crippen LogP contribution in [0.25, 0.3) is 33.4 Å². The first-order chi connectivity index (χ1) is 37.7. The molecule has 0 saturated carbocycles. The Labute approximate surface area is 456 Å². The zero-order valence-electron chi connectivity index (χ0n) is 39.8. The van der Waals surface area contributed by atoms with Crippen molar-refractivity contribution in [2.24, 2.45) is 0 Å². The first-order valence-corrected chi connectivity index (χ1v) is 23.4. The molecule has 9 rings (SSSR count). The molecule has 3 heterocycles. The Kier molecular flexibility index (Phi) is 18.3. The number of carboxylic acid groups (broad SMARTS) is 3. The molecule has 3 aromatic heterocycles. The van der Waals surface area contributed by atoms with Crippen molar-refractivity contribution >= 4 is 87.2 Å². The van der Waals surface area contributed by atoms with Gasteiger partial charge in [-0.1, -0.05) is 95.5 Å². The van der Waals surface area contributed by atoms with Crippen molar-refractivity contribution < 1.29 is 69.6 Å². The topological polar surface area (TPSA) is 196 Å². The second-order valence-electron chi connectivity index (χ2n) is 16.0. The molecule has 0 bridgehead atoms. The van der Waals surface area contributed by atoms with Gasteiger partial charge in [0.2, 0.25) is 0 Å². The van der Waals surface area contributed by atoms with Crippen molar-refractivity contribution in [3.8, 4) is 39.1 Å². The maximum absolute atomic E-state index is 14.6. The van der Waals surface area contributed by atoms with Crippen LogP contribution in [-0.2, 0) is 0 Å². The van der Waals surface area contributed by atoms with E-state index < -0.39 is 98.5 Å². The molecule has 0 amide bonds. The van der Waals surface area contributed by atoms with E-state index >= 15 is 0 Å². The Morgan fingerprint density at radius 1 is 0.456 bits per heavy atom. The van der Waals surface area contributed by atoms with Crippen molar-refractivity contribution in [1.29, 1.82) is 0 Å². The number of halogens is 11. The van der Waals surface area contributed by atoms with Crippen LogP contribution in [0.4, 0.5) is 69.6 Å². The van der Waals surface area contributed by atoms with Crippen LogP contribution in [0, 0.1) is 46.5 Å². The molecule has 0 saturated heterocycles. The fourth-order valence-electron chi connectivity index (χ4n) is 7.24. The number of benzene rings is 6. The number of carbonyl (C=O) groups is 3. The summed E-state index contributed by atoms with van der Waals surface area (Å²) < 4.78 is 121. The van der Waals surface area contributed by atoms with Crippen molar-refractivity contribution in [3.63, 3.8) is 0 Å². The molecular weight excluding hydrogens is 1110 g/mol. The second kappa shape index (κ2) is 25.2. The lowest BCUT2D eigenvalue weighted by Gasteiger charge is -2.14. The van der Waals surface area contributed by atoms with E-state index in [-0.39, 0.29) is 49.7 Å². The van der Waals surface area contributed by atoms with Gasteiger partial charge in [-0.2, -0.15) is 0 Å². The van der Waals surface area contributed by atoms with Crippen molar-refractivity contribution in [2.75, 3.05) is 23.1 Å².